The third-order valence-corrected chi connectivity index (χ3v) is 3.64. The minimum absolute atomic E-state index is 0.0350. The molecular formula is C17H22N4O3. The summed E-state index contributed by atoms with van der Waals surface area (Å²) in [4.78, 5) is 14.4. The van der Waals surface area contributed by atoms with E-state index in [9.17, 15) is 4.79 Å². The minimum Gasteiger partial charge on any atom is -0.497 e. The van der Waals surface area contributed by atoms with Gasteiger partial charge in [0, 0.05) is 38.1 Å². The fourth-order valence-corrected chi connectivity index (χ4v) is 2.24. The van der Waals surface area contributed by atoms with E-state index < -0.39 is 5.91 Å². The van der Waals surface area contributed by atoms with Crippen molar-refractivity contribution in [2.24, 2.45) is 0 Å². The maximum Gasteiger partial charge on any atom is 0.267 e. The molecule has 1 aliphatic rings. The number of ether oxygens (including phenoxy) is 2. The van der Waals surface area contributed by atoms with Crippen LogP contribution in [-0.2, 0) is 9.53 Å². The Bertz CT molecular complexity index is 601. The van der Waals surface area contributed by atoms with E-state index >= 15 is 0 Å². The zero-order valence-corrected chi connectivity index (χ0v) is 13.7. The smallest absolute Gasteiger partial charge is 0.267 e. The Morgan fingerprint density at radius 2 is 2.08 bits per heavy atom. The van der Waals surface area contributed by atoms with Gasteiger partial charge in [0.15, 0.2) is 0 Å². The zero-order valence-electron chi connectivity index (χ0n) is 13.7. The number of nitrogens with one attached hydrogen (secondary N) is 2. The van der Waals surface area contributed by atoms with Crippen LogP contribution in [0, 0.1) is 11.3 Å². The van der Waals surface area contributed by atoms with Crippen LogP contribution in [0.2, 0.25) is 0 Å². The first-order valence-electron chi connectivity index (χ1n) is 7.82. The molecule has 1 amide bonds. The van der Waals surface area contributed by atoms with Gasteiger partial charge >= 0.3 is 0 Å². The number of morpholine rings is 1. The predicted octanol–water partition coefficient (Wildman–Crippen LogP) is 0.963. The zero-order chi connectivity index (χ0) is 17.2. The van der Waals surface area contributed by atoms with Gasteiger partial charge in [0.1, 0.15) is 17.4 Å². The maximum atomic E-state index is 12.1. The van der Waals surface area contributed by atoms with Crippen molar-refractivity contribution in [2.45, 2.75) is 0 Å². The lowest BCUT2D eigenvalue weighted by molar-refractivity contribution is -0.112. The highest BCUT2D eigenvalue weighted by molar-refractivity contribution is 6.06. The molecule has 7 heteroatoms. The average Bonchev–Trinajstić information content (AvgIpc) is 2.63. The van der Waals surface area contributed by atoms with Gasteiger partial charge in [-0.3, -0.25) is 9.69 Å². The molecule has 0 saturated carbocycles. The van der Waals surface area contributed by atoms with Crippen molar-refractivity contribution in [1.82, 2.24) is 10.2 Å². The minimum atomic E-state index is -0.443. The van der Waals surface area contributed by atoms with Crippen LogP contribution >= 0.6 is 0 Å². The van der Waals surface area contributed by atoms with Crippen LogP contribution in [0.1, 0.15) is 0 Å². The Labute approximate surface area is 141 Å². The molecule has 1 aliphatic heterocycles. The van der Waals surface area contributed by atoms with Gasteiger partial charge in [0.2, 0.25) is 0 Å². The number of carbonyl (C=O) groups excluding carboxylic acids is 1. The second-order valence-electron chi connectivity index (χ2n) is 5.26. The number of benzene rings is 1. The van der Waals surface area contributed by atoms with Crippen molar-refractivity contribution in [3.63, 3.8) is 0 Å². The molecule has 1 aromatic carbocycles. The summed E-state index contributed by atoms with van der Waals surface area (Å²) in [5.74, 6) is 0.260. The highest BCUT2D eigenvalue weighted by atomic mass is 16.5. The first-order valence-corrected chi connectivity index (χ1v) is 7.82. The van der Waals surface area contributed by atoms with Gasteiger partial charge in [-0.05, 0) is 24.3 Å². The molecule has 128 valence electrons. The molecule has 0 aliphatic carbocycles. The number of nitriles is 1. The van der Waals surface area contributed by atoms with Gasteiger partial charge in [0.25, 0.3) is 5.91 Å². The summed E-state index contributed by atoms with van der Waals surface area (Å²) in [6, 6.07) is 8.84. The molecule has 1 fully saturated rings. The monoisotopic (exact) mass is 330 g/mol. The van der Waals surface area contributed by atoms with Gasteiger partial charge in [-0.25, -0.2) is 0 Å². The summed E-state index contributed by atoms with van der Waals surface area (Å²) >= 11 is 0. The first-order chi connectivity index (χ1) is 11.7. The SMILES string of the molecule is COc1ccc(NC(=O)/C(C#N)=C\NCCN2CCOCC2)cc1. The quantitative estimate of drug-likeness (QED) is 0.440. The lowest BCUT2D eigenvalue weighted by Gasteiger charge is -2.26. The maximum absolute atomic E-state index is 12.1. The first kappa shape index (κ1) is 17.8. The van der Waals surface area contributed by atoms with Gasteiger partial charge in [0.05, 0.1) is 20.3 Å². The van der Waals surface area contributed by atoms with E-state index in [1.807, 2.05) is 6.07 Å². The number of anilines is 1. The number of hydrogen-bond acceptors (Lipinski definition) is 6. The number of carbonyl (C=O) groups is 1. The standard InChI is InChI=1S/C17H22N4O3/c1-23-16-4-2-15(3-5-16)20-17(22)14(12-18)13-19-6-7-21-8-10-24-11-9-21/h2-5,13,19H,6-11H2,1H3,(H,20,22)/b14-13-. The van der Waals surface area contributed by atoms with Crippen LogP contribution < -0.4 is 15.4 Å². The number of hydrogen-bond donors (Lipinski definition) is 2. The molecule has 2 rings (SSSR count). The largest absolute Gasteiger partial charge is 0.497 e. The number of rotatable bonds is 7. The fourth-order valence-electron chi connectivity index (χ4n) is 2.24. The van der Waals surface area contributed by atoms with Gasteiger partial charge in [-0.2, -0.15) is 5.26 Å². The number of amides is 1. The molecule has 1 aromatic rings. The van der Waals surface area contributed by atoms with E-state index in [0.717, 1.165) is 32.8 Å². The van der Waals surface area contributed by atoms with E-state index in [4.69, 9.17) is 14.7 Å². The van der Waals surface area contributed by atoms with Crippen molar-refractivity contribution < 1.29 is 14.3 Å². The summed E-state index contributed by atoms with van der Waals surface area (Å²) in [6.45, 7) is 4.84. The molecule has 2 N–H and O–H groups in total. The molecule has 0 spiro atoms. The van der Waals surface area contributed by atoms with Crippen molar-refractivity contribution in [1.29, 1.82) is 5.26 Å². The van der Waals surface area contributed by atoms with E-state index in [1.165, 1.54) is 6.20 Å². The molecule has 0 bridgehead atoms. The van der Waals surface area contributed by atoms with E-state index in [1.54, 1.807) is 31.4 Å². The van der Waals surface area contributed by atoms with Gasteiger partial charge < -0.3 is 20.1 Å². The molecule has 0 atom stereocenters. The van der Waals surface area contributed by atoms with E-state index in [-0.39, 0.29) is 5.57 Å². The van der Waals surface area contributed by atoms with Gasteiger partial charge in [-0.1, -0.05) is 0 Å². The third kappa shape index (κ3) is 5.57. The second-order valence-corrected chi connectivity index (χ2v) is 5.26. The Morgan fingerprint density at radius 3 is 2.71 bits per heavy atom. The Balaban J connectivity index is 1.80. The topological polar surface area (TPSA) is 86.6 Å². The fraction of sp³-hybridized carbons (Fsp3) is 0.412. The Morgan fingerprint density at radius 1 is 1.38 bits per heavy atom. The lowest BCUT2D eigenvalue weighted by Crippen LogP contribution is -2.39. The summed E-state index contributed by atoms with van der Waals surface area (Å²) in [7, 11) is 1.58. The highest BCUT2D eigenvalue weighted by Gasteiger charge is 2.11. The number of methoxy groups -OCH3 is 1. The molecule has 0 unspecified atom stereocenters. The van der Waals surface area contributed by atoms with E-state index in [0.29, 0.717) is 18.0 Å². The molecule has 7 nitrogen and oxygen atoms in total. The van der Waals surface area contributed by atoms with Crippen LogP contribution in [0.15, 0.2) is 36.0 Å². The highest BCUT2D eigenvalue weighted by Crippen LogP contribution is 2.15. The molecule has 0 aromatic heterocycles. The van der Waals surface area contributed by atoms with Crippen LogP contribution in [-0.4, -0.2) is 57.3 Å². The lowest BCUT2D eigenvalue weighted by atomic mass is 10.2. The third-order valence-electron chi connectivity index (χ3n) is 3.64. The van der Waals surface area contributed by atoms with Crippen LogP contribution in [0.4, 0.5) is 5.69 Å². The summed E-state index contributed by atoms with van der Waals surface area (Å²) < 4.78 is 10.3. The molecule has 24 heavy (non-hydrogen) atoms. The van der Waals surface area contributed by atoms with Crippen molar-refractivity contribution in [3.8, 4) is 11.8 Å². The summed E-state index contributed by atoms with van der Waals surface area (Å²) in [6.07, 6.45) is 1.46. The van der Waals surface area contributed by atoms with Crippen molar-refractivity contribution in [2.75, 3.05) is 51.8 Å². The molecule has 1 heterocycles. The van der Waals surface area contributed by atoms with Gasteiger partial charge in [-0.15, -0.1) is 0 Å². The van der Waals surface area contributed by atoms with Crippen molar-refractivity contribution >= 4 is 11.6 Å². The van der Waals surface area contributed by atoms with Crippen molar-refractivity contribution in [3.05, 3.63) is 36.0 Å². The number of nitrogens with zero attached hydrogens (tertiary/aromatic N) is 2. The van der Waals surface area contributed by atoms with Crippen LogP contribution in [0.25, 0.3) is 0 Å². The normalized spacial score (nSPS) is 15.4. The average molecular weight is 330 g/mol. The summed E-state index contributed by atoms with van der Waals surface area (Å²) in [5, 5.41) is 14.8. The predicted molar refractivity (Wildman–Crippen MR) is 90.6 cm³/mol. The van der Waals surface area contributed by atoms with E-state index in [2.05, 4.69) is 15.5 Å². The molecule has 1 saturated heterocycles. The molecular weight excluding hydrogens is 308 g/mol. The Kier molecular flexibility index (Phi) is 7.08. The molecule has 0 radical (unpaired) electrons. The van der Waals surface area contributed by atoms with Crippen LogP contribution in [0.3, 0.4) is 0 Å². The summed E-state index contributed by atoms with van der Waals surface area (Å²) in [5.41, 5.74) is 0.642. The Hall–Kier alpha value is -2.56. The second kappa shape index (κ2) is 9.55. The van der Waals surface area contributed by atoms with Crippen LogP contribution in [0.5, 0.6) is 5.75 Å².